The summed E-state index contributed by atoms with van der Waals surface area (Å²) < 4.78 is 18.1. The summed E-state index contributed by atoms with van der Waals surface area (Å²) >= 11 is 1.26. The van der Waals surface area contributed by atoms with E-state index in [-0.39, 0.29) is 12.2 Å². The van der Waals surface area contributed by atoms with Crippen molar-refractivity contribution in [1.29, 1.82) is 0 Å². The van der Waals surface area contributed by atoms with E-state index in [4.69, 9.17) is 14.2 Å². The van der Waals surface area contributed by atoms with Gasteiger partial charge in [-0.2, -0.15) is 0 Å². The second-order valence-corrected chi connectivity index (χ2v) is 8.73. The molecule has 1 aromatic heterocycles. The zero-order valence-corrected chi connectivity index (χ0v) is 20.8. The fraction of sp³-hybridized carbons (Fsp3) is 0.222. The van der Waals surface area contributed by atoms with Gasteiger partial charge in [-0.3, -0.25) is 9.36 Å². The van der Waals surface area contributed by atoms with Crippen LogP contribution in [-0.2, 0) is 9.53 Å². The molecule has 1 aliphatic rings. The van der Waals surface area contributed by atoms with E-state index in [1.807, 2.05) is 48.6 Å². The molecule has 1 atom stereocenters. The number of hydrogen-bond acceptors (Lipinski definition) is 7. The van der Waals surface area contributed by atoms with Gasteiger partial charge in [-0.15, -0.1) is 0 Å². The molecule has 0 N–H and O–H groups in total. The molecular weight excluding hydrogens is 464 g/mol. The molecule has 0 fully saturated rings. The van der Waals surface area contributed by atoms with Crippen molar-refractivity contribution in [2.24, 2.45) is 4.99 Å². The van der Waals surface area contributed by atoms with Gasteiger partial charge in [0.15, 0.2) is 4.80 Å². The largest absolute Gasteiger partial charge is 0.497 e. The van der Waals surface area contributed by atoms with Gasteiger partial charge in [0.1, 0.15) is 11.5 Å². The SMILES string of the molecule is CCOC(=O)C1=C(C)N=c2s/c(=C\c3ccc(OC)cc3OC)c(=O)n2[C@H]1/C=C/c1ccccc1. The van der Waals surface area contributed by atoms with Crippen LogP contribution in [0.1, 0.15) is 31.0 Å². The van der Waals surface area contributed by atoms with Crippen LogP contribution in [-0.4, -0.2) is 31.4 Å². The van der Waals surface area contributed by atoms with Crippen molar-refractivity contribution in [3.63, 3.8) is 0 Å². The highest BCUT2D eigenvalue weighted by Crippen LogP contribution is 2.27. The van der Waals surface area contributed by atoms with Crippen molar-refractivity contribution >= 4 is 29.5 Å². The molecule has 2 aromatic carbocycles. The zero-order valence-electron chi connectivity index (χ0n) is 20.0. The first-order chi connectivity index (χ1) is 17.0. The second kappa shape index (κ2) is 10.6. The average molecular weight is 491 g/mol. The predicted octanol–water partition coefficient (Wildman–Crippen LogP) is 3.48. The van der Waals surface area contributed by atoms with E-state index < -0.39 is 12.0 Å². The van der Waals surface area contributed by atoms with Crippen molar-refractivity contribution < 1.29 is 19.0 Å². The van der Waals surface area contributed by atoms with Gasteiger partial charge in [0, 0.05) is 11.6 Å². The molecule has 0 aliphatic carbocycles. The summed E-state index contributed by atoms with van der Waals surface area (Å²) in [5.74, 6) is 0.753. The number of fused-ring (bicyclic) bond motifs is 1. The van der Waals surface area contributed by atoms with Gasteiger partial charge in [-0.25, -0.2) is 9.79 Å². The minimum absolute atomic E-state index is 0.229. The quantitative estimate of drug-likeness (QED) is 0.474. The Hall–Kier alpha value is -3.91. The van der Waals surface area contributed by atoms with E-state index in [2.05, 4.69) is 4.99 Å². The third-order valence-corrected chi connectivity index (χ3v) is 6.54. The number of rotatable bonds is 7. The minimum Gasteiger partial charge on any atom is -0.497 e. The number of ether oxygens (including phenoxy) is 3. The molecule has 2 heterocycles. The smallest absolute Gasteiger partial charge is 0.338 e. The molecule has 0 unspecified atom stereocenters. The molecule has 0 saturated heterocycles. The summed E-state index contributed by atoms with van der Waals surface area (Å²) in [6.07, 6.45) is 5.50. The van der Waals surface area contributed by atoms with Crippen LogP contribution in [0.25, 0.3) is 12.2 Å². The van der Waals surface area contributed by atoms with Gasteiger partial charge in [-0.1, -0.05) is 53.8 Å². The molecule has 0 radical (unpaired) electrons. The monoisotopic (exact) mass is 490 g/mol. The summed E-state index contributed by atoms with van der Waals surface area (Å²) in [6.45, 7) is 3.74. The molecule has 0 bridgehead atoms. The summed E-state index contributed by atoms with van der Waals surface area (Å²) in [6, 6.07) is 14.5. The summed E-state index contributed by atoms with van der Waals surface area (Å²) in [5.41, 5.74) is 2.32. The molecule has 4 rings (SSSR count). The first-order valence-electron chi connectivity index (χ1n) is 11.1. The lowest BCUT2D eigenvalue weighted by Gasteiger charge is -2.21. The molecule has 8 heteroatoms. The highest BCUT2D eigenvalue weighted by molar-refractivity contribution is 7.07. The topological polar surface area (TPSA) is 79.1 Å². The van der Waals surface area contributed by atoms with Crippen LogP contribution >= 0.6 is 11.3 Å². The van der Waals surface area contributed by atoms with E-state index in [0.717, 1.165) is 11.1 Å². The van der Waals surface area contributed by atoms with Crippen molar-refractivity contribution in [3.8, 4) is 11.5 Å². The van der Waals surface area contributed by atoms with Crippen LogP contribution in [0.5, 0.6) is 11.5 Å². The molecule has 35 heavy (non-hydrogen) atoms. The highest BCUT2D eigenvalue weighted by Gasteiger charge is 2.30. The first-order valence-corrected chi connectivity index (χ1v) is 11.9. The van der Waals surface area contributed by atoms with Gasteiger partial charge < -0.3 is 14.2 Å². The fourth-order valence-electron chi connectivity index (χ4n) is 3.86. The van der Waals surface area contributed by atoms with Crippen LogP contribution < -0.4 is 24.4 Å². The van der Waals surface area contributed by atoms with Crippen molar-refractivity contribution in [3.05, 3.63) is 96.7 Å². The first kappa shape index (κ1) is 24.2. The molecule has 0 amide bonds. The lowest BCUT2D eigenvalue weighted by Crippen LogP contribution is -2.38. The summed E-state index contributed by atoms with van der Waals surface area (Å²) in [7, 11) is 3.15. The Kier molecular flexibility index (Phi) is 7.31. The van der Waals surface area contributed by atoms with E-state index in [1.165, 1.54) is 11.3 Å². The molecule has 1 aliphatic heterocycles. The molecule has 0 spiro atoms. The van der Waals surface area contributed by atoms with Crippen LogP contribution in [0.3, 0.4) is 0 Å². The van der Waals surface area contributed by atoms with Crippen LogP contribution in [0, 0.1) is 0 Å². The van der Waals surface area contributed by atoms with E-state index in [1.54, 1.807) is 50.8 Å². The maximum Gasteiger partial charge on any atom is 0.338 e. The molecule has 0 saturated carbocycles. The molecule has 7 nitrogen and oxygen atoms in total. The van der Waals surface area contributed by atoms with Gasteiger partial charge in [0.25, 0.3) is 5.56 Å². The second-order valence-electron chi connectivity index (χ2n) is 7.72. The highest BCUT2D eigenvalue weighted by atomic mass is 32.1. The van der Waals surface area contributed by atoms with Crippen LogP contribution in [0.2, 0.25) is 0 Å². The summed E-state index contributed by atoms with van der Waals surface area (Å²) in [5, 5.41) is 0. The Morgan fingerprint density at radius 1 is 1.14 bits per heavy atom. The summed E-state index contributed by atoms with van der Waals surface area (Å²) in [4.78, 5) is 31.6. The number of allylic oxidation sites excluding steroid dienone is 2. The Bertz CT molecular complexity index is 1480. The van der Waals surface area contributed by atoms with E-state index in [9.17, 15) is 9.59 Å². The van der Waals surface area contributed by atoms with E-state index in [0.29, 0.717) is 32.1 Å². The van der Waals surface area contributed by atoms with Crippen molar-refractivity contribution in [2.75, 3.05) is 20.8 Å². The van der Waals surface area contributed by atoms with Crippen molar-refractivity contribution in [1.82, 2.24) is 4.57 Å². The van der Waals surface area contributed by atoms with Crippen LogP contribution in [0.15, 0.2) is 75.7 Å². The molecule has 3 aromatic rings. The lowest BCUT2D eigenvalue weighted by molar-refractivity contribution is -0.139. The number of carbonyl (C=O) groups is 1. The minimum atomic E-state index is -0.648. The fourth-order valence-corrected chi connectivity index (χ4v) is 4.91. The number of esters is 1. The number of carbonyl (C=O) groups excluding carboxylic acids is 1. The number of benzene rings is 2. The zero-order chi connectivity index (χ0) is 24.9. The van der Waals surface area contributed by atoms with Gasteiger partial charge in [-0.05, 0) is 37.6 Å². The van der Waals surface area contributed by atoms with Crippen LogP contribution in [0.4, 0.5) is 0 Å². The third-order valence-electron chi connectivity index (χ3n) is 5.56. The molecular formula is C27H26N2O5S. The van der Waals surface area contributed by atoms with Crippen molar-refractivity contribution in [2.45, 2.75) is 19.9 Å². The number of methoxy groups -OCH3 is 2. The Morgan fingerprint density at radius 3 is 2.60 bits per heavy atom. The third kappa shape index (κ3) is 4.97. The standard InChI is InChI=1S/C27H26N2O5S/c1-5-34-26(31)24-17(2)28-27-29(21(24)14-11-18-9-7-6-8-10-18)25(30)23(35-27)15-19-12-13-20(32-3)16-22(19)33-4/h6-16,21H,5H2,1-4H3/b14-11+,23-15-/t21-/m0/s1. The maximum absolute atomic E-state index is 13.6. The van der Waals surface area contributed by atoms with Gasteiger partial charge in [0.2, 0.25) is 0 Å². The number of hydrogen-bond donors (Lipinski definition) is 0. The Labute approximate surface area is 206 Å². The van der Waals surface area contributed by atoms with Gasteiger partial charge >= 0.3 is 5.97 Å². The number of aromatic nitrogens is 1. The number of thiazole rings is 1. The molecule has 180 valence electrons. The Balaban J connectivity index is 1.88. The Morgan fingerprint density at radius 2 is 1.91 bits per heavy atom. The normalized spacial score (nSPS) is 15.7. The lowest BCUT2D eigenvalue weighted by atomic mass is 10.0. The van der Waals surface area contributed by atoms with E-state index >= 15 is 0 Å². The predicted molar refractivity (Wildman–Crippen MR) is 136 cm³/mol. The maximum atomic E-state index is 13.6. The van der Waals surface area contributed by atoms with Gasteiger partial charge in [0.05, 0.1) is 42.7 Å². The number of nitrogens with zero attached hydrogens (tertiary/aromatic N) is 2. The average Bonchev–Trinajstić information content (AvgIpc) is 3.17.